The Kier molecular flexibility index (Phi) is 4.70. The van der Waals surface area contributed by atoms with Gasteiger partial charge in [-0.1, -0.05) is 19.1 Å². The van der Waals surface area contributed by atoms with E-state index in [0.29, 0.717) is 11.4 Å². The van der Waals surface area contributed by atoms with Gasteiger partial charge in [0.2, 0.25) is 5.91 Å². The van der Waals surface area contributed by atoms with Crippen LogP contribution in [0.2, 0.25) is 0 Å². The van der Waals surface area contributed by atoms with Gasteiger partial charge >= 0.3 is 0 Å². The van der Waals surface area contributed by atoms with E-state index in [1.807, 2.05) is 7.05 Å². The number of nitrogens with zero attached hydrogens (tertiary/aromatic N) is 2. The molecule has 1 amide bonds. The van der Waals surface area contributed by atoms with Crippen LogP contribution >= 0.6 is 0 Å². The molecule has 0 radical (unpaired) electrons. The van der Waals surface area contributed by atoms with Crippen LogP contribution < -0.4 is 11.1 Å². The summed E-state index contributed by atoms with van der Waals surface area (Å²) >= 11 is 0. The van der Waals surface area contributed by atoms with Crippen LogP contribution in [0.1, 0.15) is 24.4 Å². The number of hydrogen-bond donors (Lipinski definition) is 2. The Morgan fingerprint density at radius 1 is 1.52 bits per heavy atom. The highest BCUT2D eigenvalue weighted by Crippen LogP contribution is 2.21. The predicted octanol–water partition coefficient (Wildman–Crippen LogP) is 1.36. The highest BCUT2D eigenvalue weighted by molar-refractivity contribution is 5.79. The van der Waals surface area contributed by atoms with Gasteiger partial charge in [0.1, 0.15) is 17.7 Å². The fourth-order valence-corrected chi connectivity index (χ4v) is 2.03. The van der Waals surface area contributed by atoms with Crippen LogP contribution in [-0.4, -0.2) is 22.0 Å². The molecule has 1 aromatic heterocycles. The summed E-state index contributed by atoms with van der Waals surface area (Å²) in [6, 6.07) is 5.62. The molecule has 0 aliphatic rings. The minimum Gasteiger partial charge on any atom is -0.342 e. The fraction of sp³-hybridized carbons (Fsp3) is 0.333. The monoisotopic (exact) mass is 290 g/mol. The van der Waals surface area contributed by atoms with Crippen molar-refractivity contribution in [2.75, 3.05) is 6.54 Å². The number of aromatic nitrogens is 2. The third-order valence-corrected chi connectivity index (χ3v) is 3.39. The van der Waals surface area contributed by atoms with Gasteiger partial charge in [-0.05, 0) is 17.7 Å². The number of carbonyl (C=O) groups is 1. The molecule has 1 aromatic carbocycles. The van der Waals surface area contributed by atoms with E-state index in [-0.39, 0.29) is 24.2 Å². The summed E-state index contributed by atoms with van der Waals surface area (Å²) in [7, 11) is 1.83. The number of hydrogen-bond acceptors (Lipinski definition) is 3. The van der Waals surface area contributed by atoms with Crippen molar-refractivity contribution in [2.24, 2.45) is 18.7 Å². The standard InChI is InChI=1S/C15H19FN4O/c1-10(9-17)15(21)19-13(14-18-6-7-20(14)2)11-4-3-5-12(16)8-11/h3-8,10,13H,9,17H2,1-2H3,(H,19,21). The third kappa shape index (κ3) is 3.46. The minimum atomic E-state index is -0.512. The first-order chi connectivity index (χ1) is 10.0. The molecule has 1 heterocycles. The van der Waals surface area contributed by atoms with Gasteiger partial charge in [0.25, 0.3) is 0 Å². The molecular formula is C15H19FN4O. The molecule has 112 valence electrons. The molecule has 3 N–H and O–H groups in total. The van der Waals surface area contributed by atoms with Crippen molar-refractivity contribution in [3.63, 3.8) is 0 Å². The first kappa shape index (κ1) is 15.2. The lowest BCUT2D eigenvalue weighted by Crippen LogP contribution is -2.37. The maximum absolute atomic E-state index is 13.5. The molecule has 5 nitrogen and oxygen atoms in total. The average Bonchev–Trinajstić information content (AvgIpc) is 2.89. The smallest absolute Gasteiger partial charge is 0.224 e. The van der Waals surface area contributed by atoms with E-state index < -0.39 is 6.04 Å². The summed E-state index contributed by atoms with van der Waals surface area (Å²) in [6.07, 6.45) is 3.42. The van der Waals surface area contributed by atoms with Crippen molar-refractivity contribution in [1.29, 1.82) is 0 Å². The van der Waals surface area contributed by atoms with Crippen molar-refractivity contribution in [2.45, 2.75) is 13.0 Å². The van der Waals surface area contributed by atoms with Gasteiger partial charge < -0.3 is 15.6 Å². The van der Waals surface area contributed by atoms with Crippen LogP contribution in [0.5, 0.6) is 0 Å². The summed E-state index contributed by atoms with van der Waals surface area (Å²) in [5, 5.41) is 2.89. The van der Waals surface area contributed by atoms with Gasteiger partial charge in [-0.15, -0.1) is 0 Å². The molecule has 6 heteroatoms. The number of halogens is 1. The molecule has 0 aliphatic carbocycles. The SMILES string of the molecule is CC(CN)C(=O)NC(c1cccc(F)c1)c1nccn1C. The van der Waals surface area contributed by atoms with Gasteiger partial charge in [-0.2, -0.15) is 0 Å². The lowest BCUT2D eigenvalue weighted by atomic mass is 10.0. The van der Waals surface area contributed by atoms with Crippen LogP contribution in [0.25, 0.3) is 0 Å². The van der Waals surface area contributed by atoms with Gasteiger partial charge in [-0.25, -0.2) is 9.37 Å². The lowest BCUT2D eigenvalue weighted by Gasteiger charge is -2.21. The Morgan fingerprint density at radius 2 is 2.29 bits per heavy atom. The van der Waals surface area contributed by atoms with E-state index in [0.717, 1.165) is 0 Å². The maximum atomic E-state index is 13.5. The Balaban J connectivity index is 2.36. The quantitative estimate of drug-likeness (QED) is 0.873. The number of imidazole rings is 1. The molecule has 0 bridgehead atoms. The van der Waals surface area contributed by atoms with E-state index in [9.17, 15) is 9.18 Å². The average molecular weight is 290 g/mol. The van der Waals surface area contributed by atoms with Gasteiger partial charge in [-0.3, -0.25) is 4.79 Å². The number of benzene rings is 1. The Hall–Kier alpha value is -2.21. The predicted molar refractivity (Wildman–Crippen MR) is 77.8 cm³/mol. The van der Waals surface area contributed by atoms with E-state index in [1.54, 1.807) is 36.0 Å². The normalized spacial score (nSPS) is 13.7. The molecule has 0 aliphatic heterocycles. The summed E-state index contributed by atoms with van der Waals surface area (Å²) in [5.74, 6) is -0.220. The van der Waals surface area contributed by atoms with Crippen molar-refractivity contribution >= 4 is 5.91 Å². The molecule has 2 rings (SSSR count). The summed E-state index contributed by atoms with van der Waals surface area (Å²) < 4.78 is 15.3. The molecule has 0 saturated heterocycles. The van der Waals surface area contributed by atoms with Crippen LogP contribution in [0.4, 0.5) is 4.39 Å². The Bertz CT molecular complexity index is 626. The fourth-order valence-electron chi connectivity index (χ4n) is 2.03. The second kappa shape index (κ2) is 6.49. The largest absolute Gasteiger partial charge is 0.342 e. The van der Waals surface area contributed by atoms with Crippen molar-refractivity contribution < 1.29 is 9.18 Å². The van der Waals surface area contributed by atoms with Crippen molar-refractivity contribution in [3.8, 4) is 0 Å². The van der Waals surface area contributed by atoms with Gasteiger partial charge in [0.05, 0.1) is 0 Å². The molecule has 0 spiro atoms. The molecule has 21 heavy (non-hydrogen) atoms. The van der Waals surface area contributed by atoms with Crippen LogP contribution in [0.3, 0.4) is 0 Å². The van der Waals surface area contributed by atoms with Crippen molar-refractivity contribution in [3.05, 3.63) is 53.9 Å². The zero-order chi connectivity index (χ0) is 15.4. The molecular weight excluding hydrogens is 271 g/mol. The topological polar surface area (TPSA) is 72.9 Å². The molecule has 2 aromatic rings. The first-order valence-electron chi connectivity index (χ1n) is 6.76. The summed E-state index contributed by atoms with van der Waals surface area (Å²) in [6.45, 7) is 2.00. The highest BCUT2D eigenvalue weighted by Gasteiger charge is 2.23. The van der Waals surface area contributed by atoms with E-state index >= 15 is 0 Å². The zero-order valence-electron chi connectivity index (χ0n) is 12.1. The Morgan fingerprint density at radius 3 is 2.86 bits per heavy atom. The highest BCUT2D eigenvalue weighted by atomic mass is 19.1. The molecule has 2 atom stereocenters. The van der Waals surface area contributed by atoms with Crippen molar-refractivity contribution in [1.82, 2.24) is 14.9 Å². The van der Waals surface area contributed by atoms with Gasteiger partial charge in [0.15, 0.2) is 0 Å². The molecule has 2 unspecified atom stereocenters. The van der Waals surface area contributed by atoms with E-state index in [1.165, 1.54) is 12.1 Å². The number of nitrogens with two attached hydrogens (primary N) is 1. The Labute approximate surface area is 123 Å². The number of rotatable bonds is 5. The minimum absolute atomic E-state index is 0.185. The second-order valence-corrected chi connectivity index (χ2v) is 5.03. The first-order valence-corrected chi connectivity index (χ1v) is 6.76. The van der Waals surface area contributed by atoms with Crippen LogP contribution in [-0.2, 0) is 11.8 Å². The van der Waals surface area contributed by atoms with E-state index in [4.69, 9.17) is 5.73 Å². The summed E-state index contributed by atoms with van der Waals surface area (Å²) in [5.41, 5.74) is 6.16. The number of aryl methyl sites for hydroxylation is 1. The number of nitrogens with one attached hydrogen (secondary N) is 1. The molecule has 0 fully saturated rings. The maximum Gasteiger partial charge on any atom is 0.224 e. The number of carbonyl (C=O) groups excluding carboxylic acids is 1. The van der Waals surface area contributed by atoms with E-state index in [2.05, 4.69) is 10.3 Å². The lowest BCUT2D eigenvalue weighted by molar-refractivity contribution is -0.124. The van der Waals surface area contributed by atoms with Crippen LogP contribution in [0.15, 0.2) is 36.7 Å². The van der Waals surface area contributed by atoms with Crippen LogP contribution in [0, 0.1) is 11.7 Å². The van der Waals surface area contributed by atoms with Gasteiger partial charge in [0, 0.05) is 31.9 Å². The third-order valence-electron chi connectivity index (χ3n) is 3.39. The summed E-state index contributed by atoms with van der Waals surface area (Å²) in [4.78, 5) is 16.4. The zero-order valence-corrected chi connectivity index (χ0v) is 12.1. The number of amides is 1. The molecule has 0 saturated carbocycles. The second-order valence-electron chi connectivity index (χ2n) is 5.03.